The van der Waals surface area contributed by atoms with Gasteiger partial charge in [-0.2, -0.15) is 4.39 Å². The molecule has 1 atom stereocenters. The van der Waals surface area contributed by atoms with E-state index < -0.39 is 5.95 Å². The zero-order valence-electron chi connectivity index (χ0n) is 15.5. The van der Waals surface area contributed by atoms with Crippen LogP contribution in [0.15, 0.2) is 59.1 Å². The molecule has 1 saturated heterocycles. The lowest BCUT2D eigenvalue weighted by Crippen LogP contribution is -2.29. The number of furan rings is 1. The molecule has 1 aliphatic rings. The Bertz CT molecular complexity index is 953. The molecule has 144 valence electrons. The third kappa shape index (κ3) is 3.89. The zero-order chi connectivity index (χ0) is 19.5. The lowest BCUT2D eigenvalue weighted by molar-refractivity contribution is 0.0997. The second-order valence-electron chi connectivity index (χ2n) is 6.75. The van der Waals surface area contributed by atoms with Crippen LogP contribution in [0.1, 0.15) is 17.0 Å². The number of rotatable bonds is 5. The Balaban J connectivity index is 1.40. The maximum Gasteiger partial charge on any atom is 0.291 e. The molecular weight excluding hydrogens is 359 g/mol. The SMILES string of the molecule is CNC1CCN(c2ccc(NC(=O)c3ccc(-c4ccc(F)nc4)o3)cc2)C1. The molecule has 1 unspecified atom stereocenters. The van der Waals surface area contributed by atoms with Gasteiger partial charge in [0, 0.05) is 42.3 Å². The van der Waals surface area contributed by atoms with Crippen molar-refractivity contribution in [2.45, 2.75) is 12.5 Å². The Kier molecular flexibility index (Phi) is 5.08. The van der Waals surface area contributed by atoms with Gasteiger partial charge in [0.15, 0.2) is 5.76 Å². The topological polar surface area (TPSA) is 70.4 Å². The molecule has 1 fully saturated rings. The molecule has 1 aliphatic heterocycles. The van der Waals surface area contributed by atoms with E-state index in [0.717, 1.165) is 25.2 Å². The van der Waals surface area contributed by atoms with Gasteiger partial charge in [0.25, 0.3) is 5.91 Å². The van der Waals surface area contributed by atoms with Crippen LogP contribution in [0.4, 0.5) is 15.8 Å². The van der Waals surface area contributed by atoms with Crippen molar-refractivity contribution in [3.63, 3.8) is 0 Å². The summed E-state index contributed by atoms with van der Waals surface area (Å²) in [4.78, 5) is 18.4. The molecule has 3 heterocycles. The highest BCUT2D eigenvalue weighted by Crippen LogP contribution is 2.24. The first-order valence-corrected chi connectivity index (χ1v) is 9.18. The molecule has 1 aromatic carbocycles. The number of carbonyl (C=O) groups is 1. The highest BCUT2D eigenvalue weighted by atomic mass is 19.1. The average molecular weight is 380 g/mol. The van der Waals surface area contributed by atoms with Crippen molar-refractivity contribution >= 4 is 17.3 Å². The Morgan fingerprint density at radius 2 is 2.00 bits per heavy atom. The Hall–Kier alpha value is -3.19. The number of likely N-dealkylation sites (N-methyl/N-ethyl adjacent to an activating group) is 1. The standard InChI is InChI=1S/C21H21FN4O2/c1-23-16-10-11-26(13-16)17-5-3-15(4-6-17)25-21(27)19-8-7-18(28-19)14-2-9-20(22)24-12-14/h2-9,12,16,23H,10-11,13H2,1H3,(H,25,27). The minimum atomic E-state index is -0.563. The molecule has 2 N–H and O–H groups in total. The van der Waals surface area contributed by atoms with Crippen molar-refractivity contribution in [3.8, 4) is 11.3 Å². The third-order valence-corrected chi connectivity index (χ3v) is 4.93. The molecule has 0 aliphatic carbocycles. The van der Waals surface area contributed by atoms with Crippen molar-refractivity contribution in [1.29, 1.82) is 0 Å². The molecule has 4 rings (SSSR count). The summed E-state index contributed by atoms with van der Waals surface area (Å²) in [5.74, 6) is -0.265. The van der Waals surface area contributed by atoms with Gasteiger partial charge in [-0.3, -0.25) is 4.79 Å². The summed E-state index contributed by atoms with van der Waals surface area (Å²) >= 11 is 0. The van der Waals surface area contributed by atoms with Gasteiger partial charge in [0.05, 0.1) is 0 Å². The summed E-state index contributed by atoms with van der Waals surface area (Å²) < 4.78 is 18.5. The van der Waals surface area contributed by atoms with Crippen molar-refractivity contribution in [1.82, 2.24) is 10.3 Å². The van der Waals surface area contributed by atoms with E-state index in [-0.39, 0.29) is 11.7 Å². The number of amides is 1. The number of halogens is 1. The summed E-state index contributed by atoms with van der Waals surface area (Å²) in [6.45, 7) is 2.00. The average Bonchev–Trinajstić information content (AvgIpc) is 3.39. The summed E-state index contributed by atoms with van der Waals surface area (Å²) in [6.07, 6.45) is 2.49. The molecule has 7 heteroatoms. The van der Waals surface area contributed by atoms with E-state index >= 15 is 0 Å². The molecule has 0 spiro atoms. The highest BCUT2D eigenvalue weighted by molar-refractivity contribution is 6.02. The van der Waals surface area contributed by atoms with Crippen molar-refractivity contribution in [2.75, 3.05) is 30.4 Å². The highest BCUT2D eigenvalue weighted by Gasteiger charge is 2.21. The molecule has 0 bridgehead atoms. The monoisotopic (exact) mass is 380 g/mol. The predicted octanol–water partition coefficient (Wildman–Crippen LogP) is 3.53. The number of hydrogen-bond acceptors (Lipinski definition) is 5. The van der Waals surface area contributed by atoms with Crippen molar-refractivity contribution in [3.05, 3.63) is 66.4 Å². The molecule has 0 radical (unpaired) electrons. The fourth-order valence-electron chi connectivity index (χ4n) is 3.32. The van der Waals surface area contributed by atoms with Crippen LogP contribution in [0.3, 0.4) is 0 Å². The normalized spacial score (nSPS) is 16.4. The van der Waals surface area contributed by atoms with E-state index in [4.69, 9.17) is 4.42 Å². The molecule has 28 heavy (non-hydrogen) atoms. The quantitative estimate of drug-likeness (QED) is 0.663. The smallest absolute Gasteiger partial charge is 0.291 e. The van der Waals surface area contributed by atoms with Gasteiger partial charge in [-0.15, -0.1) is 0 Å². The van der Waals surface area contributed by atoms with Crippen LogP contribution in [-0.2, 0) is 0 Å². The number of nitrogens with one attached hydrogen (secondary N) is 2. The van der Waals surface area contributed by atoms with Crippen LogP contribution < -0.4 is 15.5 Å². The van der Waals surface area contributed by atoms with E-state index in [9.17, 15) is 9.18 Å². The van der Waals surface area contributed by atoms with Gasteiger partial charge in [-0.25, -0.2) is 4.98 Å². The zero-order valence-corrected chi connectivity index (χ0v) is 15.5. The van der Waals surface area contributed by atoms with Crippen LogP contribution in [0.25, 0.3) is 11.3 Å². The molecule has 1 amide bonds. The number of benzene rings is 1. The minimum absolute atomic E-state index is 0.180. The lowest BCUT2D eigenvalue weighted by atomic mass is 10.2. The van der Waals surface area contributed by atoms with Crippen LogP contribution in [0.2, 0.25) is 0 Å². The summed E-state index contributed by atoms with van der Waals surface area (Å²) in [5.41, 5.74) is 2.44. The maximum atomic E-state index is 12.9. The number of anilines is 2. The van der Waals surface area contributed by atoms with Crippen molar-refractivity contribution < 1.29 is 13.6 Å². The Labute approximate surface area is 162 Å². The fourth-order valence-corrected chi connectivity index (χ4v) is 3.32. The molecule has 0 saturated carbocycles. The largest absolute Gasteiger partial charge is 0.451 e. The van der Waals surface area contributed by atoms with Gasteiger partial charge in [0.2, 0.25) is 5.95 Å². The Morgan fingerprint density at radius 3 is 2.68 bits per heavy atom. The lowest BCUT2D eigenvalue weighted by Gasteiger charge is -2.19. The summed E-state index contributed by atoms with van der Waals surface area (Å²) in [5, 5.41) is 6.13. The Morgan fingerprint density at radius 1 is 1.18 bits per heavy atom. The predicted molar refractivity (Wildman–Crippen MR) is 106 cm³/mol. The van der Waals surface area contributed by atoms with E-state index in [1.165, 1.54) is 12.3 Å². The first kappa shape index (κ1) is 18.2. The van der Waals surface area contributed by atoms with E-state index in [1.54, 1.807) is 18.2 Å². The molecule has 2 aromatic heterocycles. The first-order chi connectivity index (χ1) is 13.6. The van der Waals surface area contributed by atoms with E-state index in [2.05, 4.69) is 20.5 Å². The van der Waals surface area contributed by atoms with Crippen molar-refractivity contribution in [2.24, 2.45) is 0 Å². The van der Waals surface area contributed by atoms with E-state index in [0.29, 0.717) is 23.1 Å². The first-order valence-electron chi connectivity index (χ1n) is 9.18. The number of pyridine rings is 1. The second-order valence-corrected chi connectivity index (χ2v) is 6.75. The van der Waals surface area contributed by atoms with Crippen LogP contribution in [-0.4, -0.2) is 37.1 Å². The third-order valence-electron chi connectivity index (χ3n) is 4.93. The number of hydrogen-bond donors (Lipinski definition) is 2. The summed E-state index contributed by atoms with van der Waals surface area (Å²) in [6, 6.07) is 14.3. The van der Waals surface area contributed by atoms with Gasteiger partial charge < -0.3 is 20.0 Å². The molecular formula is C21H21FN4O2. The van der Waals surface area contributed by atoms with Crippen LogP contribution >= 0.6 is 0 Å². The van der Waals surface area contributed by atoms with Gasteiger partial charge in [-0.1, -0.05) is 0 Å². The molecule has 6 nitrogen and oxygen atoms in total. The number of aromatic nitrogens is 1. The number of carbonyl (C=O) groups excluding carboxylic acids is 1. The molecule has 3 aromatic rings. The van der Waals surface area contributed by atoms with Crippen LogP contribution in [0, 0.1) is 5.95 Å². The van der Waals surface area contributed by atoms with Crippen LogP contribution in [0.5, 0.6) is 0 Å². The van der Waals surface area contributed by atoms with Gasteiger partial charge >= 0.3 is 0 Å². The van der Waals surface area contributed by atoms with Gasteiger partial charge in [0.1, 0.15) is 5.76 Å². The second kappa shape index (κ2) is 7.82. The fraction of sp³-hybridized carbons (Fsp3) is 0.238. The maximum absolute atomic E-state index is 12.9. The van der Waals surface area contributed by atoms with Gasteiger partial charge in [-0.05, 0) is 62.0 Å². The summed E-state index contributed by atoms with van der Waals surface area (Å²) in [7, 11) is 1.99. The number of nitrogens with zero attached hydrogens (tertiary/aromatic N) is 2. The van der Waals surface area contributed by atoms with E-state index in [1.807, 2.05) is 31.3 Å². The minimum Gasteiger partial charge on any atom is -0.451 e.